The second kappa shape index (κ2) is 8.13. The molecule has 2 aliphatic rings. The number of nitrogens with one attached hydrogen (secondary N) is 1. The van der Waals surface area contributed by atoms with Crippen molar-refractivity contribution in [1.29, 1.82) is 0 Å². The lowest BCUT2D eigenvalue weighted by molar-refractivity contribution is 0.103. The Labute approximate surface area is 160 Å². The predicted molar refractivity (Wildman–Crippen MR) is 107 cm³/mol. The summed E-state index contributed by atoms with van der Waals surface area (Å²) < 4.78 is 11.9. The third kappa shape index (κ3) is 3.59. The van der Waals surface area contributed by atoms with Crippen molar-refractivity contribution in [3.05, 3.63) is 47.5 Å². The maximum atomic E-state index is 13.0. The minimum absolute atomic E-state index is 0.0334. The first-order chi connectivity index (χ1) is 13.3. The number of carbonyl (C=O) groups is 1. The summed E-state index contributed by atoms with van der Waals surface area (Å²) in [6.45, 7) is 4.21. The molecule has 27 heavy (non-hydrogen) atoms. The Kier molecular flexibility index (Phi) is 5.44. The molecule has 1 fully saturated rings. The van der Waals surface area contributed by atoms with Crippen molar-refractivity contribution in [2.24, 2.45) is 0 Å². The fourth-order valence-electron chi connectivity index (χ4n) is 4.15. The zero-order valence-electron chi connectivity index (χ0n) is 15.9. The summed E-state index contributed by atoms with van der Waals surface area (Å²) in [7, 11) is 0. The molecule has 0 radical (unpaired) electrons. The topological polar surface area (TPSA) is 47.6 Å². The van der Waals surface area contributed by atoms with Crippen molar-refractivity contribution >= 4 is 5.78 Å². The molecule has 2 aromatic rings. The summed E-state index contributed by atoms with van der Waals surface area (Å²) in [6, 6.07) is 12.3. The molecule has 0 aromatic heterocycles. The van der Waals surface area contributed by atoms with Crippen molar-refractivity contribution in [2.45, 2.75) is 45.1 Å². The monoisotopic (exact) mass is 365 g/mol. The van der Waals surface area contributed by atoms with Gasteiger partial charge in [-0.1, -0.05) is 30.7 Å². The third-order valence-corrected chi connectivity index (χ3v) is 5.47. The summed E-state index contributed by atoms with van der Waals surface area (Å²) in [4.78, 5) is 13.0. The van der Waals surface area contributed by atoms with E-state index in [1.807, 2.05) is 43.3 Å². The van der Waals surface area contributed by atoms with Gasteiger partial charge in [-0.2, -0.15) is 0 Å². The van der Waals surface area contributed by atoms with Crippen LogP contribution in [0.3, 0.4) is 0 Å². The van der Waals surface area contributed by atoms with E-state index >= 15 is 0 Å². The van der Waals surface area contributed by atoms with Gasteiger partial charge < -0.3 is 14.8 Å². The van der Waals surface area contributed by atoms with Crippen LogP contribution >= 0.6 is 0 Å². The Morgan fingerprint density at radius 2 is 1.89 bits per heavy atom. The summed E-state index contributed by atoms with van der Waals surface area (Å²) in [5.74, 6) is 1.30. The smallest absolute Gasteiger partial charge is 0.198 e. The molecule has 1 atom stereocenters. The van der Waals surface area contributed by atoms with Gasteiger partial charge in [0.15, 0.2) is 17.3 Å². The van der Waals surface area contributed by atoms with Crippen LogP contribution < -0.4 is 14.8 Å². The lowest BCUT2D eigenvalue weighted by Gasteiger charge is -2.23. The van der Waals surface area contributed by atoms with E-state index in [-0.39, 0.29) is 5.78 Å². The van der Waals surface area contributed by atoms with Gasteiger partial charge in [0.2, 0.25) is 0 Å². The molecule has 4 nitrogen and oxygen atoms in total. The van der Waals surface area contributed by atoms with Gasteiger partial charge in [-0.25, -0.2) is 0 Å². The number of piperidine rings is 1. The van der Waals surface area contributed by atoms with Crippen molar-refractivity contribution in [2.75, 3.05) is 19.8 Å². The first-order valence-electron chi connectivity index (χ1n) is 10.1. The lowest BCUT2D eigenvalue weighted by atomic mass is 10.0. The zero-order valence-corrected chi connectivity index (χ0v) is 15.9. The molecule has 2 aromatic carbocycles. The standard InChI is InChI=1S/C23H27NO3/c1-2-26-20-13-12-18-17-10-3-4-11-19(17)22(25)21(18)23(20)27-15-7-9-16-8-5-6-14-24-16/h3-4,10-13,16,24H,2,5-9,14-15H2,1H3. The maximum Gasteiger partial charge on any atom is 0.198 e. The number of ether oxygens (including phenoxy) is 2. The van der Waals surface area contributed by atoms with Gasteiger partial charge in [0.25, 0.3) is 0 Å². The van der Waals surface area contributed by atoms with Crippen LogP contribution in [0.1, 0.15) is 54.9 Å². The molecule has 4 heteroatoms. The van der Waals surface area contributed by atoms with Gasteiger partial charge in [-0.05, 0) is 62.4 Å². The fourth-order valence-corrected chi connectivity index (χ4v) is 4.15. The number of rotatable bonds is 7. The van der Waals surface area contributed by atoms with E-state index in [9.17, 15) is 4.79 Å². The minimum atomic E-state index is 0.0334. The summed E-state index contributed by atoms with van der Waals surface area (Å²) in [6.07, 6.45) is 5.91. The van der Waals surface area contributed by atoms with Gasteiger partial charge in [-0.3, -0.25) is 4.79 Å². The van der Waals surface area contributed by atoms with Crippen molar-refractivity contribution in [3.63, 3.8) is 0 Å². The molecule has 0 amide bonds. The Hall–Kier alpha value is -2.33. The summed E-state index contributed by atoms with van der Waals surface area (Å²) in [5.41, 5.74) is 3.33. The first kappa shape index (κ1) is 18.1. The van der Waals surface area contributed by atoms with Crippen LogP contribution in [-0.2, 0) is 0 Å². The molecule has 1 N–H and O–H groups in total. The van der Waals surface area contributed by atoms with E-state index in [2.05, 4.69) is 5.32 Å². The van der Waals surface area contributed by atoms with Crippen LogP contribution in [0.25, 0.3) is 11.1 Å². The van der Waals surface area contributed by atoms with Crippen molar-refractivity contribution in [1.82, 2.24) is 5.32 Å². The maximum absolute atomic E-state index is 13.0. The molecule has 0 saturated carbocycles. The molecule has 0 bridgehead atoms. The quantitative estimate of drug-likeness (QED) is 0.622. The zero-order chi connectivity index (χ0) is 18.6. The van der Waals surface area contributed by atoms with Crippen LogP contribution in [0.5, 0.6) is 11.5 Å². The van der Waals surface area contributed by atoms with Crippen LogP contribution in [0.15, 0.2) is 36.4 Å². The molecule has 142 valence electrons. The number of fused-ring (bicyclic) bond motifs is 3. The highest BCUT2D eigenvalue weighted by molar-refractivity contribution is 6.23. The Balaban J connectivity index is 1.53. The SMILES string of the molecule is CCOc1ccc2c(c1OCCCC1CCCCN1)C(=O)c1ccccc1-2. The van der Waals surface area contributed by atoms with Crippen LogP contribution in [0.4, 0.5) is 0 Å². The van der Waals surface area contributed by atoms with Crippen LogP contribution in [0.2, 0.25) is 0 Å². The first-order valence-corrected chi connectivity index (χ1v) is 10.1. The van der Waals surface area contributed by atoms with Crippen LogP contribution in [0, 0.1) is 0 Å². The Bertz CT molecular complexity index is 824. The molecule has 1 aliphatic heterocycles. The van der Waals surface area contributed by atoms with E-state index in [0.29, 0.717) is 36.3 Å². The van der Waals surface area contributed by atoms with E-state index < -0.39 is 0 Å². The number of benzene rings is 2. The Morgan fingerprint density at radius 1 is 1.04 bits per heavy atom. The molecular formula is C23H27NO3. The fraction of sp³-hybridized carbons (Fsp3) is 0.435. The molecule has 4 rings (SSSR count). The van der Waals surface area contributed by atoms with E-state index in [0.717, 1.165) is 36.1 Å². The third-order valence-electron chi connectivity index (χ3n) is 5.47. The van der Waals surface area contributed by atoms with Gasteiger partial charge >= 0.3 is 0 Å². The number of ketones is 1. The second-order valence-electron chi connectivity index (χ2n) is 7.26. The second-order valence-corrected chi connectivity index (χ2v) is 7.26. The normalized spacial score (nSPS) is 18.1. The average Bonchev–Trinajstić information content (AvgIpc) is 3.00. The lowest BCUT2D eigenvalue weighted by Crippen LogP contribution is -2.34. The summed E-state index contributed by atoms with van der Waals surface area (Å²) in [5, 5.41) is 3.58. The van der Waals surface area contributed by atoms with Crippen LogP contribution in [-0.4, -0.2) is 31.6 Å². The largest absolute Gasteiger partial charge is 0.490 e. The molecule has 1 unspecified atom stereocenters. The van der Waals surface area contributed by atoms with Crippen molar-refractivity contribution < 1.29 is 14.3 Å². The molecule has 1 aliphatic carbocycles. The van der Waals surface area contributed by atoms with Gasteiger partial charge in [0, 0.05) is 11.6 Å². The van der Waals surface area contributed by atoms with E-state index in [1.165, 1.54) is 19.3 Å². The Morgan fingerprint density at radius 3 is 2.67 bits per heavy atom. The van der Waals surface area contributed by atoms with Gasteiger partial charge in [-0.15, -0.1) is 0 Å². The molecule has 1 saturated heterocycles. The predicted octanol–water partition coefficient (Wildman–Crippen LogP) is 4.60. The summed E-state index contributed by atoms with van der Waals surface area (Å²) >= 11 is 0. The van der Waals surface area contributed by atoms with Crippen molar-refractivity contribution in [3.8, 4) is 22.6 Å². The highest BCUT2D eigenvalue weighted by atomic mass is 16.5. The van der Waals surface area contributed by atoms with Gasteiger partial charge in [0.1, 0.15) is 0 Å². The highest BCUT2D eigenvalue weighted by Crippen LogP contribution is 2.45. The van der Waals surface area contributed by atoms with E-state index in [4.69, 9.17) is 9.47 Å². The minimum Gasteiger partial charge on any atom is -0.490 e. The number of carbonyl (C=O) groups excluding carboxylic acids is 1. The van der Waals surface area contributed by atoms with Gasteiger partial charge in [0.05, 0.1) is 18.8 Å². The molecule has 0 spiro atoms. The van der Waals surface area contributed by atoms with E-state index in [1.54, 1.807) is 0 Å². The number of hydrogen-bond donors (Lipinski definition) is 1. The molecule has 1 heterocycles. The molecular weight excluding hydrogens is 338 g/mol. The highest BCUT2D eigenvalue weighted by Gasteiger charge is 2.31. The average molecular weight is 365 g/mol. The number of hydrogen-bond acceptors (Lipinski definition) is 4.